The molecule has 2 aliphatic rings. The smallest absolute Gasteiger partial charge is 0.0991 e. The Labute approximate surface area is 140 Å². The average Bonchev–Trinajstić information content (AvgIpc) is 3.36. The molecule has 1 aromatic carbocycles. The van der Waals surface area contributed by atoms with Crippen molar-refractivity contribution in [1.29, 1.82) is 5.26 Å². The van der Waals surface area contributed by atoms with Crippen LogP contribution in [0, 0.1) is 23.2 Å². The molecule has 3 nitrogen and oxygen atoms in total. The van der Waals surface area contributed by atoms with E-state index in [1.165, 1.54) is 44.5 Å². The predicted octanol–water partition coefficient (Wildman–Crippen LogP) is 3.50. The van der Waals surface area contributed by atoms with E-state index in [0.29, 0.717) is 12.0 Å². The largest absolute Gasteiger partial charge is 0.299 e. The molecule has 0 bridgehead atoms. The van der Waals surface area contributed by atoms with E-state index in [1.807, 2.05) is 18.2 Å². The monoisotopic (exact) mass is 311 g/mol. The van der Waals surface area contributed by atoms with Gasteiger partial charge in [-0.05, 0) is 61.9 Å². The first-order valence-electron chi connectivity index (χ1n) is 9.11. The Hall–Kier alpha value is -1.37. The van der Waals surface area contributed by atoms with E-state index < -0.39 is 0 Å². The molecule has 1 heterocycles. The van der Waals surface area contributed by atoms with Crippen molar-refractivity contribution >= 4 is 0 Å². The minimum absolute atomic E-state index is 0.664. The van der Waals surface area contributed by atoms with Crippen molar-refractivity contribution < 1.29 is 0 Å². The van der Waals surface area contributed by atoms with E-state index in [2.05, 4.69) is 35.8 Å². The van der Waals surface area contributed by atoms with Gasteiger partial charge in [0.2, 0.25) is 0 Å². The molecule has 1 saturated carbocycles. The van der Waals surface area contributed by atoms with Crippen molar-refractivity contribution in [2.75, 3.05) is 26.2 Å². The summed E-state index contributed by atoms with van der Waals surface area (Å²) in [4.78, 5) is 5.35. The van der Waals surface area contributed by atoms with Gasteiger partial charge in [0.1, 0.15) is 0 Å². The predicted molar refractivity (Wildman–Crippen MR) is 94.0 cm³/mol. The highest BCUT2D eigenvalue weighted by Gasteiger charge is 2.32. The third kappa shape index (κ3) is 4.56. The summed E-state index contributed by atoms with van der Waals surface area (Å²) in [5.74, 6) is 1.66. The summed E-state index contributed by atoms with van der Waals surface area (Å²) in [6.07, 6.45) is 4.13. The van der Waals surface area contributed by atoms with Crippen molar-refractivity contribution in [3.05, 3.63) is 35.4 Å². The Kier molecular flexibility index (Phi) is 5.35. The van der Waals surface area contributed by atoms with Crippen molar-refractivity contribution in [1.82, 2.24) is 9.80 Å². The standard InChI is InChI=1S/C20H29N3/c1-16(2)20-15-22(9-4-10-23(20)14-17-7-8-17)13-19-6-3-5-18(11-19)12-21/h3,5-6,11,16-17,20H,4,7-10,13-15H2,1-2H3/t20-/m1/s1. The molecule has 0 spiro atoms. The van der Waals surface area contributed by atoms with Crippen LogP contribution in [0.15, 0.2) is 24.3 Å². The molecule has 3 rings (SSSR count). The molecule has 0 N–H and O–H groups in total. The minimum Gasteiger partial charge on any atom is -0.299 e. The first-order chi connectivity index (χ1) is 11.2. The number of hydrogen-bond donors (Lipinski definition) is 0. The molecular weight excluding hydrogens is 282 g/mol. The summed E-state index contributed by atoms with van der Waals surface area (Å²) in [6, 6.07) is 11.0. The highest BCUT2D eigenvalue weighted by atomic mass is 15.2. The molecule has 2 fully saturated rings. The molecule has 124 valence electrons. The van der Waals surface area contributed by atoms with Gasteiger partial charge < -0.3 is 0 Å². The summed E-state index contributed by atoms with van der Waals surface area (Å²) in [5.41, 5.74) is 2.04. The number of rotatable bonds is 5. The van der Waals surface area contributed by atoms with E-state index in [9.17, 15) is 0 Å². The number of nitrogens with zero attached hydrogens (tertiary/aromatic N) is 3. The molecule has 0 amide bonds. The zero-order chi connectivity index (χ0) is 16.2. The van der Waals surface area contributed by atoms with Crippen LogP contribution >= 0.6 is 0 Å². The topological polar surface area (TPSA) is 30.3 Å². The second-order valence-corrected chi connectivity index (χ2v) is 7.65. The molecule has 3 heteroatoms. The van der Waals surface area contributed by atoms with Crippen LogP contribution in [0.5, 0.6) is 0 Å². The van der Waals surface area contributed by atoms with E-state index >= 15 is 0 Å². The van der Waals surface area contributed by atoms with Gasteiger partial charge in [-0.3, -0.25) is 9.80 Å². The lowest BCUT2D eigenvalue weighted by Gasteiger charge is -2.34. The van der Waals surface area contributed by atoms with Crippen molar-refractivity contribution in [2.45, 2.75) is 45.7 Å². The van der Waals surface area contributed by atoms with Crippen molar-refractivity contribution in [2.24, 2.45) is 11.8 Å². The average molecular weight is 311 g/mol. The highest BCUT2D eigenvalue weighted by Crippen LogP contribution is 2.32. The molecule has 0 unspecified atom stereocenters. The molecule has 23 heavy (non-hydrogen) atoms. The van der Waals surface area contributed by atoms with Gasteiger partial charge in [0.05, 0.1) is 11.6 Å². The van der Waals surface area contributed by atoms with Gasteiger partial charge in [0, 0.05) is 25.7 Å². The van der Waals surface area contributed by atoms with Crippen LogP contribution in [-0.4, -0.2) is 42.0 Å². The van der Waals surface area contributed by atoms with Gasteiger partial charge in [-0.25, -0.2) is 0 Å². The number of benzene rings is 1. The molecule has 1 saturated heterocycles. The maximum Gasteiger partial charge on any atom is 0.0991 e. The van der Waals surface area contributed by atoms with Gasteiger partial charge in [0.25, 0.3) is 0 Å². The summed E-state index contributed by atoms with van der Waals surface area (Å²) in [7, 11) is 0. The fraction of sp³-hybridized carbons (Fsp3) is 0.650. The Morgan fingerprint density at radius 2 is 2.09 bits per heavy atom. The van der Waals surface area contributed by atoms with Gasteiger partial charge in [-0.1, -0.05) is 26.0 Å². The molecule has 1 aromatic rings. The molecule has 1 aliphatic carbocycles. The lowest BCUT2D eigenvalue weighted by molar-refractivity contribution is 0.132. The maximum absolute atomic E-state index is 9.08. The zero-order valence-electron chi connectivity index (χ0n) is 14.5. The Morgan fingerprint density at radius 1 is 1.26 bits per heavy atom. The first-order valence-corrected chi connectivity index (χ1v) is 9.11. The summed E-state index contributed by atoms with van der Waals surface area (Å²) < 4.78 is 0. The fourth-order valence-electron chi connectivity index (χ4n) is 3.77. The van der Waals surface area contributed by atoms with Crippen LogP contribution in [-0.2, 0) is 6.54 Å². The van der Waals surface area contributed by atoms with Gasteiger partial charge in [-0.15, -0.1) is 0 Å². The minimum atomic E-state index is 0.664. The van der Waals surface area contributed by atoms with Gasteiger partial charge in [-0.2, -0.15) is 5.26 Å². The Morgan fingerprint density at radius 3 is 2.78 bits per heavy atom. The van der Waals surface area contributed by atoms with Crippen LogP contribution in [0.4, 0.5) is 0 Å². The van der Waals surface area contributed by atoms with Crippen LogP contribution in [0.3, 0.4) is 0 Å². The Bertz CT molecular complexity index is 556. The number of hydrogen-bond acceptors (Lipinski definition) is 3. The van der Waals surface area contributed by atoms with Crippen molar-refractivity contribution in [3.63, 3.8) is 0 Å². The van der Waals surface area contributed by atoms with E-state index in [1.54, 1.807) is 0 Å². The van der Waals surface area contributed by atoms with E-state index in [4.69, 9.17) is 5.26 Å². The summed E-state index contributed by atoms with van der Waals surface area (Å²) in [6.45, 7) is 10.6. The SMILES string of the molecule is CC(C)[C@H]1CN(Cc2cccc(C#N)c2)CCCN1CC1CC1. The van der Waals surface area contributed by atoms with Crippen LogP contribution in [0.2, 0.25) is 0 Å². The zero-order valence-corrected chi connectivity index (χ0v) is 14.5. The van der Waals surface area contributed by atoms with E-state index in [0.717, 1.165) is 24.6 Å². The third-order valence-electron chi connectivity index (χ3n) is 5.26. The van der Waals surface area contributed by atoms with Crippen molar-refractivity contribution in [3.8, 4) is 6.07 Å². The maximum atomic E-state index is 9.08. The van der Waals surface area contributed by atoms with Gasteiger partial charge >= 0.3 is 0 Å². The summed E-state index contributed by atoms with van der Waals surface area (Å²) >= 11 is 0. The quantitative estimate of drug-likeness (QED) is 0.834. The van der Waals surface area contributed by atoms with Crippen LogP contribution in [0.1, 0.15) is 44.2 Å². The fourth-order valence-corrected chi connectivity index (χ4v) is 3.77. The normalized spacial score (nSPS) is 23.7. The Balaban J connectivity index is 1.66. The molecule has 0 aromatic heterocycles. The van der Waals surface area contributed by atoms with Crippen LogP contribution in [0.25, 0.3) is 0 Å². The summed E-state index contributed by atoms with van der Waals surface area (Å²) in [5, 5.41) is 9.08. The molecule has 0 radical (unpaired) electrons. The lowest BCUT2D eigenvalue weighted by atomic mass is 10.0. The first kappa shape index (κ1) is 16.5. The van der Waals surface area contributed by atoms with Crippen LogP contribution < -0.4 is 0 Å². The molecular formula is C20H29N3. The second-order valence-electron chi connectivity index (χ2n) is 7.65. The highest BCUT2D eigenvalue weighted by molar-refractivity contribution is 5.32. The molecule has 1 atom stereocenters. The third-order valence-corrected chi connectivity index (χ3v) is 5.26. The van der Waals surface area contributed by atoms with Gasteiger partial charge in [0.15, 0.2) is 0 Å². The number of nitriles is 1. The molecule has 1 aliphatic heterocycles. The lowest BCUT2D eigenvalue weighted by Crippen LogP contribution is -2.45. The van der Waals surface area contributed by atoms with E-state index in [-0.39, 0.29) is 0 Å². The second kappa shape index (κ2) is 7.47.